The van der Waals surface area contributed by atoms with E-state index >= 15 is 0 Å². The number of nitrogens with zero attached hydrogens (tertiary/aromatic N) is 4. The molecule has 5 nitrogen and oxygen atoms in total. The van der Waals surface area contributed by atoms with Crippen molar-refractivity contribution in [2.24, 2.45) is 5.92 Å². The Labute approximate surface area is 125 Å². The van der Waals surface area contributed by atoms with Crippen molar-refractivity contribution in [3.63, 3.8) is 0 Å². The van der Waals surface area contributed by atoms with Crippen molar-refractivity contribution in [1.82, 2.24) is 19.5 Å². The summed E-state index contributed by atoms with van der Waals surface area (Å²) in [5, 5.41) is 4.21. The molecular weight excluding hydrogens is 264 g/mol. The van der Waals surface area contributed by atoms with Gasteiger partial charge in [-0.3, -0.25) is 4.79 Å². The predicted octanol–water partition coefficient (Wildman–Crippen LogP) is 2.77. The normalized spacial score (nSPS) is 19.7. The van der Waals surface area contributed by atoms with E-state index in [1.54, 1.807) is 16.9 Å². The van der Waals surface area contributed by atoms with Crippen LogP contribution in [0.1, 0.15) is 49.4 Å². The molecule has 0 saturated carbocycles. The molecule has 1 unspecified atom stereocenters. The van der Waals surface area contributed by atoms with Crippen molar-refractivity contribution in [2.75, 3.05) is 13.1 Å². The molecule has 1 amide bonds. The maximum Gasteiger partial charge on any atom is 0.259 e. The third kappa shape index (κ3) is 2.91. The number of hydrogen-bond donors (Lipinski definition) is 0. The van der Waals surface area contributed by atoms with Crippen LogP contribution >= 0.6 is 0 Å². The summed E-state index contributed by atoms with van der Waals surface area (Å²) >= 11 is 0. The molecule has 0 radical (unpaired) electrons. The van der Waals surface area contributed by atoms with E-state index in [2.05, 4.69) is 17.0 Å². The minimum atomic E-state index is 0.0702. The number of hydrogen-bond acceptors (Lipinski definition) is 3. The summed E-state index contributed by atoms with van der Waals surface area (Å²) in [4.78, 5) is 19.0. The third-order valence-electron chi connectivity index (χ3n) is 4.34. The number of carbonyl (C=O) groups excluding carboxylic acids is 1. The van der Waals surface area contributed by atoms with Crippen LogP contribution in [0.2, 0.25) is 0 Å². The number of likely N-dealkylation sites (tertiary alicyclic amines) is 1. The molecule has 5 heteroatoms. The van der Waals surface area contributed by atoms with Gasteiger partial charge in [0.15, 0.2) is 5.65 Å². The SMILES string of the molecule is CCCC1CCCN(C(=O)c2cnn3cccnc23)CC1. The van der Waals surface area contributed by atoms with Gasteiger partial charge in [-0.2, -0.15) is 5.10 Å². The lowest BCUT2D eigenvalue weighted by molar-refractivity contribution is 0.0761. The van der Waals surface area contributed by atoms with Gasteiger partial charge in [0.05, 0.1) is 6.20 Å². The molecule has 3 rings (SSSR count). The molecule has 0 bridgehead atoms. The van der Waals surface area contributed by atoms with Crippen molar-refractivity contribution in [1.29, 1.82) is 0 Å². The second-order valence-electron chi connectivity index (χ2n) is 5.82. The lowest BCUT2D eigenvalue weighted by atomic mass is 9.96. The van der Waals surface area contributed by atoms with Crippen LogP contribution in [0.15, 0.2) is 24.7 Å². The fraction of sp³-hybridized carbons (Fsp3) is 0.562. The second kappa shape index (κ2) is 6.24. The van der Waals surface area contributed by atoms with Crippen LogP contribution in [0.4, 0.5) is 0 Å². The molecule has 0 aliphatic carbocycles. The van der Waals surface area contributed by atoms with Crippen molar-refractivity contribution in [3.05, 3.63) is 30.2 Å². The summed E-state index contributed by atoms with van der Waals surface area (Å²) in [6.07, 6.45) is 11.1. The van der Waals surface area contributed by atoms with Crippen LogP contribution in [-0.4, -0.2) is 38.5 Å². The first kappa shape index (κ1) is 14.0. The monoisotopic (exact) mass is 286 g/mol. The summed E-state index contributed by atoms with van der Waals surface area (Å²) < 4.78 is 1.66. The fourth-order valence-corrected chi connectivity index (χ4v) is 3.21. The zero-order valence-corrected chi connectivity index (χ0v) is 12.5. The average molecular weight is 286 g/mol. The number of amides is 1. The topological polar surface area (TPSA) is 50.5 Å². The molecule has 0 N–H and O–H groups in total. The molecule has 1 saturated heterocycles. The minimum Gasteiger partial charge on any atom is -0.338 e. The highest BCUT2D eigenvalue weighted by Gasteiger charge is 2.23. The van der Waals surface area contributed by atoms with Gasteiger partial charge in [0.1, 0.15) is 5.56 Å². The number of fused-ring (bicyclic) bond motifs is 1. The van der Waals surface area contributed by atoms with E-state index < -0.39 is 0 Å². The van der Waals surface area contributed by atoms with Crippen molar-refractivity contribution in [2.45, 2.75) is 39.0 Å². The zero-order valence-electron chi connectivity index (χ0n) is 12.5. The third-order valence-corrected chi connectivity index (χ3v) is 4.34. The molecule has 2 aromatic rings. The Bertz CT molecular complexity index is 622. The van der Waals surface area contributed by atoms with Crippen LogP contribution in [0.3, 0.4) is 0 Å². The first-order valence-electron chi connectivity index (χ1n) is 7.87. The fourth-order valence-electron chi connectivity index (χ4n) is 3.21. The van der Waals surface area contributed by atoms with E-state index in [-0.39, 0.29) is 5.91 Å². The van der Waals surface area contributed by atoms with E-state index in [0.717, 1.165) is 31.8 Å². The van der Waals surface area contributed by atoms with Gasteiger partial charge in [-0.05, 0) is 31.2 Å². The Balaban J connectivity index is 1.76. The molecule has 112 valence electrons. The van der Waals surface area contributed by atoms with Crippen LogP contribution in [-0.2, 0) is 0 Å². The Morgan fingerprint density at radius 1 is 1.38 bits per heavy atom. The Morgan fingerprint density at radius 2 is 2.29 bits per heavy atom. The highest BCUT2D eigenvalue weighted by Crippen LogP contribution is 2.23. The molecule has 21 heavy (non-hydrogen) atoms. The molecule has 1 aliphatic rings. The quantitative estimate of drug-likeness (QED) is 0.871. The molecule has 1 atom stereocenters. The number of rotatable bonds is 3. The van der Waals surface area contributed by atoms with Crippen LogP contribution in [0.5, 0.6) is 0 Å². The average Bonchev–Trinajstić information content (AvgIpc) is 2.80. The zero-order chi connectivity index (χ0) is 14.7. The maximum absolute atomic E-state index is 12.7. The predicted molar refractivity (Wildman–Crippen MR) is 81.1 cm³/mol. The molecule has 0 aromatic carbocycles. The summed E-state index contributed by atoms with van der Waals surface area (Å²) in [6, 6.07) is 1.82. The highest BCUT2D eigenvalue weighted by molar-refractivity contribution is 5.99. The van der Waals surface area contributed by atoms with E-state index in [9.17, 15) is 4.79 Å². The van der Waals surface area contributed by atoms with Crippen LogP contribution < -0.4 is 0 Å². The standard InChI is InChI=1S/C16H22N4O/c1-2-5-13-6-3-9-19(11-7-13)16(21)14-12-18-20-10-4-8-17-15(14)20/h4,8,10,12-13H,2-3,5-7,9,11H2,1H3. The molecular formula is C16H22N4O. The van der Waals surface area contributed by atoms with Gasteiger partial charge in [-0.15, -0.1) is 0 Å². The van der Waals surface area contributed by atoms with Crippen molar-refractivity contribution < 1.29 is 4.79 Å². The van der Waals surface area contributed by atoms with E-state index in [0.29, 0.717) is 11.2 Å². The van der Waals surface area contributed by atoms with Crippen LogP contribution in [0.25, 0.3) is 5.65 Å². The van der Waals surface area contributed by atoms with Crippen molar-refractivity contribution >= 4 is 11.6 Å². The summed E-state index contributed by atoms with van der Waals surface area (Å²) in [6.45, 7) is 3.94. The number of carbonyl (C=O) groups is 1. The Morgan fingerprint density at radius 3 is 3.14 bits per heavy atom. The van der Waals surface area contributed by atoms with Gasteiger partial charge in [0, 0.05) is 25.5 Å². The number of aromatic nitrogens is 3. The molecule has 1 fully saturated rings. The van der Waals surface area contributed by atoms with Gasteiger partial charge in [-0.25, -0.2) is 9.50 Å². The van der Waals surface area contributed by atoms with Gasteiger partial charge in [0.25, 0.3) is 5.91 Å². The maximum atomic E-state index is 12.7. The van der Waals surface area contributed by atoms with Gasteiger partial charge >= 0.3 is 0 Å². The molecule has 2 aromatic heterocycles. The second-order valence-corrected chi connectivity index (χ2v) is 5.82. The Hall–Kier alpha value is -1.91. The van der Waals surface area contributed by atoms with Crippen molar-refractivity contribution in [3.8, 4) is 0 Å². The first-order chi connectivity index (χ1) is 10.3. The summed E-state index contributed by atoms with van der Waals surface area (Å²) in [7, 11) is 0. The summed E-state index contributed by atoms with van der Waals surface area (Å²) in [5.41, 5.74) is 1.27. The van der Waals surface area contributed by atoms with Gasteiger partial charge in [0.2, 0.25) is 0 Å². The minimum absolute atomic E-state index is 0.0702. The van der Waals surface area contributed by atoms with Crippen LogP contribution in [0, 0.1) is 5.92 Å². The van der Waals surface area contributed by atoms with E-state index in [4.69, 9.17) is 0 Å². The molecule has 0 spiro atoms. The lowest BCUT2D eigenvalue weighted by Gasteiger charge is -2.20. The molecule has 3 heterocycles. The van der Waals surface area contributed by atoms with E-state index in [1.165, 1.54) is 19.3 Å². The van der Waals surface area contributed by atoms with Gasteiger partial charge in [-0.1, -0.05) is 19.8 Å². The highest BCUT2D eigenvalue weighted by atomic mass is 16.2. The smallest absolute Gasteiger partial charge is 0.259 e. The van der Waals surface area contributed by atoms with Gasteiger partial charge < -0.3 is 4.90 Å². The summed E-state index contributed by atoms with van der Waals surface area (Å²) in [5.74, 6) is 0.843. The lowest BCUT2D eigenvalue weighted by Crippen LogP contribution is -2.32. The van der Waals surface area contributed by atoms with E-state index in [1.807, 2.05) is 17.2 Å². The molecule has 1 aliphatic heterocycles. The Kier molecular flexibility index (Phi) is 4.18. The largest absolute Gasteiger partial charge is 0.338 e. The first-order valence-corrected chi connectivity index (χ1v) is 7.87.